The molecule has 4 rings (SSSR count). The van der Waals surface area contributed by atoms with E-state index in [4.69, 9.17) is 23.9 Å². The number of esters is 3. The Morgan fingerprint density at radius 3 is 2.27 bits per heavy atom. The van der Waals surface area contributed by atoms with Gasteiger partial charge in [-0.15, -0.1) is 0 Å². The molecule has 0 saturated carbocycles. The number of fused-ring (bicyclic) bond motifs is 1. The molecule has 0 unspecified atom stereocenters. The Morgan fingerprint density at radius 1 is 0.973 bits per heavy atom. The fourth-order valence-electron chi connectivity index (χ4n) is 3.94. The summed E-state index contributed by atoms with van der Waals surface area (Å²) in [5, 5.41) is 0.664. The minimum absolute atomic E-state index is 0.136. The van der Waals surface area contributed by atoms with E-state index in [0.717, 1.165) is 16.2 Å². The van der Waals surface area contributed by atoms with Gasteiger partial charge in [0.1, 0.15) is 0 Å². The lowest BCUT2D eigenvalue weighted by Crippen LogP contribution is -2.56. The second kappa shape index (κ2) is 11.4. The van der Waals surface area contributed by atoms with Crippen LogP contribution in [0.15, 0.2) is 63.0 Å². The second-order valence-corrected chi connectivity index (χ2v) is 10.1. The monoisotopic (exact) mass is 590 g/mol. The number of para-hydroxylation sites is 1. The average Bonchev–Trinajstić information content (AvgIpc) is 2.83. The highest BCUT2D eigenvalue weighted by Crippen LogP contribution is 2.35. The summed E-state index contributed by atoms with van der Waals surface area (Å²) in [4.78, 5) is 53.9. The summed E-state index contributed by atoms with van der Waals surface area (Å²) in [7, 11) is 0. The normalized spacial score (nSPS) is 21.3. The van der Waals surface area contributed by atoms with Crippen molar-refractivity contribution >= 4 is 56.5 Å². The van der Waals surface area contributed by atoms with Gasteiger partial charge in [-0.2, -0.15) is 0 Å². The number of rotatable bonds is 6. The van der Waals surface area contributed by atoms with E-state index in [9.17, 15) is 19.2 Å². The van der Waals surface area contributed by atoms with Gasteiger partial charge < -0.3 is 18.9 Å². The Balaban J connectivity index is 1.81. The lowest BCUT2D eigenvalue weighted by molar-refractivity contribution is -0.213. The first-order chi connectivity index (χ1) is 17.6. The number of hydrogen-bond acceptors (Lipinski definition) is 10. The van der Waals surface area contributed by atoms with E-state index < -0.39 is 41.7 Å². The first-order valence-corrected chi connectivity index (χ1v) is 12.9. The Labute approximate surface area is 224 Å². The van der Waals surface area contributed by atoms with Crippen molar-refractivity contribution < 1.29 is 33.3 Å². The van der Waals surface area contributed by atoms with Crippen molar-refractivity contribution in [2.75, 3.05) is 6.61 Å². The van der Waals surface area contributed by atoms with E-state index in [1.807, 2.05) is 6.07 Å². The second-order valence-electron chi connectivity index (χ2n) is 8.15. The van der Waals surface area contributed by atoms with Gasteiger partial charge in [0.2, 0.25) is 0 Å². The van der Waals surface area contributed by atoms with Gasteiger partial charge in [-0.25, -0.2) is 4.98 Å². The zero-order valence-corrected chi connectivity index (χ0v) is 22.5. The summed E-state index contributed by atoms with van der Waals surface area (Å²) in [6.45, 7) is 3.48. The Hall–Kier alpha value is -3.22. The summed E-state index contributed by atoms with van der Waals surface area (Å²) in [5.74, 6) is -1.92. The van der Waals surface area contributed by atoms with Crippen LogP contribution in [0.5, 0.6) is 0 Å². The Bertz CT molecular complexity index is 1400. The van der Waals surface area contributed by atoms with Gasteiger partial charge in [-0.05, 0) is 30.3 Å². The first-order valence-electron chi connectivity index (χ1n) is 11.2. The summed E-state index contributed by atoms with van der Waals surface area (Å²) < 4.78 is 24.3. The van der Waals surface area contributed by atoms with E-state index in [-0.39, 0.29) is 17.3 Å². The zero-order valence-electron chi connectivity index (χ0n) is 20.1. The molecule has 2 aromatic carbocycles. The third-order valence-electron chi connectivity index (χ3n) is 5.34. The molecule has 12 heteroatoms. The lowest BCUT2D eigenvalue weighted by Gasteiger charge is -2.40. The maximum Gasteiger partial charge on any atom is 0.303 e. The molecule has 1 aliphatic rings. The summed E-state index contributed by atoms with van der Waals surface area (Å²) in [6.07, 6.45) is -3.29. The average molecular weight is 591 g/mol. The molecule has 2 heterocycles. The van der Waals surface area contributed by atoms with Gasteiger partial charge in [0.05, 0.1) is 23.2 Å². The van der Waals surface area contributed by atoms with Crippen LogP contribution in [-0.2, 0) is 33.3 Å². The molecule has 10 nitrogen and oxygen atoms in total. The smallest absolute Gasteiger partial charge is 0.303 e. The van der Waals surface area contributed by atoms with Crippen molar-refractivity contribution in [3.8, 4) is 5.69 Å². The van der Waals surface area contributed by atoms with Gasteiger partial charge in [-0.3, -0.25) is 23.7 Å². The molecule has 1 fully saturated rings. The number of carbonyl (C=O) groups excluding carboxylic acids is 3. The van der Waals surface area contributed by atoms with Crippen molar-refractivity contribution in [1.82, 2.24) is 9.55 Å². The molecule has 0 spiro atoms. The first kappa shape index (κ1) is 26.8. The van der Waals surface area contributed by atoms with Crippen LogP contribution in [0.1, 0.15) is 20.8 Å². The molecule has 194 valence electrons. The van der Waals surface area contributed by atoms with Crippen molar-refractivity contribution in [3.05, 3.63) is 63.4 Å². The number of hydrogen-bond donors (Lipinski definition) is 0. The van der Waals surface area contributed by atoms with E-state index in [1.54, 1.807) is 42.5 Å². The van der Waals surface area contributed by atoms with Gasteiger partial charge in [0.15, 0.2) is 28.9 Å². The van der Waals surface area contributed by atoms with Gasteiger partial charge >= 0.3 is 17.9 Å². The number of carbonyl (C=O) groups is 3. The van der Waals surface area contributed by atoms with Crippen molar-refractivity contribution in [3.63, 3.8) is 0 Å². The summed E-state index contributed by atoms with van der Waals surface area (Å²) in [6, 6.07) is 14.1. The largest absolute Gasteiger partial charge is 0.456 e. The molecule has 1 saturated heterocycles. The molecule has 4 atom stereocenters. The summed E-state index contributed by atoms with van der Waals surface area (Å²) in [5.41, 5.74) is -0.236. The maximum atomic E-state index is 13.6. The van der Waals surface area contributed by atoms with Crippen LogP contribution in [-0.4, -0.2) is 57.8 Å². The summed E-state index contributed by atoms with van der Waals surface area (Å²) >= 11 is 4.43. The van der Waals surface area contributed by atoms with E-state index in [0.29, 0.717) is 16.6 Å². The van der Waals surface area contributed by atoms with Crippen molar-refractivity contribution in [2.24, 2.45) is 0 Å². The third kappa shape index (κ3) is 6.20. The third-order valence-corrected chi connectivity index (χ3v) is 6.95. The minimum atomic E-state index is -1.16. The predicted molar refractivity (Wildman–Crippen MR) is 137 cm³/mol. The molecule has 0 amide bonds. The van der Waals surface area contributed by atoms with E-state index in [2.05, 4.69) is 15.9 Å². The van der Waals surface area contributed by atoms with Crippen LogP contribution in [0.4, 0.5) is 0 Å². The number of nitrogens with zero attached hydrogens (tertiary/aromatic N) is 2. The molecule has 1 aromatic heterocycles. The topological polar surface area (TPSA) is 123 Å². The van der Waals surface area contributed by atoms with Crippen LogP contribution in [0.3, 0.4) is 0 Å². The molecular formula is C25H23BrN2O8S. The lowest BCUT2D eigenvalue weighted by atomic mass is 10.1. The highest BCUT2D eigenvalue weighted by molar-refractivity contribution is 9.10. The standard InChI is InChI=1S/C25H23BrN2O8S/c1-13(29)34-20-12-33-24(22(36-15(3)31)21(20)35-14(2)30)37-25-27-19-10-9-16(26)11-18(19)23(32)28(25)17-7-5-4-6-8-17/h4-11,20-22,24H,12H2,1-3H3/t20-,21+,22+,24-/m1/s1. The van der Waals surface area contributed by atoms with Crippen LogP contribution in [0, 0.1) is 0 Å². The maximum absolute atomic E-state index is 13.6. The molecular weight excluding hydrogens is 568 g/mol. The van der Waals surface area contributed by atoms with Crippen LogP contribution in [0.25, 0.3) is 16.6 Å². The number of benzene rings is 2. The van der Waals surface area contributed by atoms with Crippen LogP contribution in [0.2, 0.25) is 0 Å². The van der Waals surface area contributed by atoms with Crippen molar-refractivity contribution in [2.45, 2.75) is 49.7 Å². The van der Waals surface area contributed by atoms with Crippen molar-refractivity contribution in [1.29, 1.82) is 0 Å². The molecule has 3 aromatic rings. The van der Waals surface area contributed by atoms with Crippen LogP contribution >= 0.6 is 27.7 Å². The molecule has 0 bridgehead atoms. The van der Waals surface area contributed by atoms with Gasteiger partial charge in [0, 0.05) is 25.2 Å². The quantitative estimate of drug-likeness (QED) is 0.240. The van der Waals surface area contributed by atoms with Gasteiger partial charge in [0.25, 0.3) is 5.56 Å². The fourth-order valence-corrected chi connectivity index (χ4v) is 5.44. The zero-order chi connectivity index (χ0) is 26.7. The van der Waals surface area contributed by atoms with Crippen LogP contribution < -0.4 is 5.56 Å². The molecule has 0 N–H and O–H groups in total. The predicted octanol–water partition coefficient (Wildman–Crippen LogP) is 3.39. The molecule has 37 heavy (non-hydrogen) atoms. The van der Waals surface area contributed by atoms with Gasteiger partial charge in [-0.1, -0.05) is 45.9 Å². The number of ether oxygens (including phenoxy) is 4. The van der Waals surface area contributed by atoms with E-state index >= 15 is 0 Å². The Morgan fingerprint density at radius 2 is 1.62 bits per heavy atom. The highest BCUT2D eigenvalue weighted by atomic mass is 79.9. The Kier molecular flexibility index (Phi) is 8.30. The van der Waals surface area contributed by atoms with E-state index in [1.165, 1.54) is 25.3 Å². The molecule has 0 radical (unpaired) electrons. The molecule has 0 aliphatic carbocycles. The SMILES string of the molecule is CC(=O)O[C@@H]1[C@H](OC(C)=O)[C@@H](Sc2nc3ccc(Br)cc3c(=O)n2-c2ccccc2)OC[C@H]1OC(C)=O. The minimum Gasteiger partial charge on any atom is -0.456 e. The highest BCUT2D eigenvalue weighted by Gasteiger charge is 2.47. The number of aromatic nitrogens is 2. The number of thioether (sulfide) groups is 1. The number of halogens is 1. The molecule has 1 aliphatic heterocycles. The fraction of sp³-hybridized carbons (Fsp3) is 0.320.